The van der Waals surface area contributed by atoms with Crippen molar-refractivity contribution in [2.75, 3.05) is 7.05 Å². The Hall–Kier alpha value is -0.310. The van der Waals surface area contributed by atoms with Gasteiger partial charge in [0.25, 0.3) is 0 Å². The second-order valence-corrected chi connectivity index (χ2v) is 4.36. The number of nitrogens with one attached hydrogen (secondary N) is 1. The second-order valence-electron chi connectivity index (χ2n) is 2.65. The molecule has 0 saturated carbocycles. The van der Waals surface area contributed by atoms with Gasteiger partial charge in [-0.1, -0.05) is 29.3 Å². The van der Waals surface area contributed by atoms with E-state index in [1.807, 2.05) is 36.9 Å². The van der Waals surface area contributed by atoms with Crippen molar-refractivity contribution in [1.29, 1.82) is 0 Å². The first-order valence-corrected chi connectivity index (χ1v) is 5.92. The molecule has 0 saturated heterocycles. The van der Waals surface area contributed by atoms with E-state index < -0.39 is 0 Å². The molecule has 0 fully saturated rings. The Morgan fingerprint density at radius 3 is 2.79 bits per heavy atom. The fraction of sp³-hybridized carbons (Fsp3) is 0.200. The number of hydrogen-bond donors (Lipinski definition) is 1. The Morgan fingerprint density at radius 1 is 1.36 bits per heavy atom. The maximum Gasteiger partial charge on any atom is 0.0595 e. The summed E-state index contributed by atoms with van der Waals surface area (Å²) >= 11 is 13.4. The molecule has 1 aromatic rings. The van der Waals surface area contributed by atoms with Gasteiger partial charge in [0.1, 0.15) is 0 Å². The van der Waals surface area contributed by atoms with Crippen molar-refractivity contribution < 1.29 is 0 Å². The first-order valence-electron chi connectivity index (χ1n) is 4.12. The van der Waals surface area contributed by atoms with Crippen LogP contribution in [0, 0.1) is 0 Å². The van der Waals surface area contributed by atoms with Crippen LogP contribution < -0.4 is 5.32 Å². The van der Waals surface area contributed by atoms with Crippen LogP contribution in [0.4, 0.5) is 0 Å². The molecule has 0 heterocycles. The molecular formula is C10H11Cl2NS. The van der Waals surface area contributed by atoms with Gasteiger partial charge < -0.3 is 5.32 Å². The molecule has 0 spiro atoms. The van der Waals surface area contributed by atoms with Crippen LogP contribution in [0.5, 0.6) is 0 Å². The molecule has 0 atom stereocenters. The summed E-state index contributed by atoms with van der Waals surface area (Å²) in [5.41, 5.74) is 1.17. The van der Waals surface area contributed by atoms with E-state index in [0.717, 1.165) is 5.75 Å². The van der Waals surface area contributed by atoms with Gasteiger partial charge in [-0.25, -0.2) is 0 Å². The minimum absolute atomic E-state index is 0.603. The van der Waals surface area contributed by atoms with Crippen molar-refractivity contribution in [3.8, 4) is 0 Å². The minimum Gasteiger partial charge on any atom is -0.394 e. The normalized spacial score (nSPS) is 10.8. The van der Waals surface area contributed by atoms with Crippen molar-refractivity contribution in [1.82, 2.24) is 5.32 Å². The summed E-state index contributed by atoms with van der Waals surface area (Å²) in [5, 5.41) is 6.14. The molecule has 0 radical (unpaired) electrons. The highest BCUT2D eigenvalue weighted by atomic mass is 35.5. The van der Waals surface area contributed by atoms with Gasteiger partial charge in [0.05, 0.1) is 10.0 Å². The van der Waals surface area contributed by atoms with Gasteiger partial charge in [-0.2, -0.15) is 0 Å². The van der Waals surface area contributed by atoms with Crippen LogP contribution in [0.1, 0.15) is 5.56 Å². The molecular weight excluding hydrogens is 237 g/mol. The Labute approximate surface area is 98.5 Å². The molecule has 0 amide bonds. The van der Waals surface area contributed by atoms with E-state index >= 15 is 0 Å². The maximum atomic E-state index is 5.88. The van der Waals surface area contributed by atoms with Crippen molar-refractivity contribution in [2.45, 2.75) is 5.75 Å². The molecule has 1 rings (SSSR count). The molecule has 0 aromatic heterocycles. The predicted octanol–water partition coefficient (Wildman–Crippen LogP) is 3.92. The fourth-order valence-electron chi connectivity index (χ4n) is 0.890. The van der Waals surface area contributed by atoms with Gasteiger partial charge in [0.15, 0.2) is 0 Å². The highest BCUT2D eigenvalue weighted by Gasteiger charge is 1.98. The molecule has 1 nitrogen and oxygen atoms in total. The Morgan fingerprint density at radius 2 is 2.14 bits per heavy atom. The smallest absolute Gasteiger partial charge is 0.0595 e. The highest BCUT2D eigenvalue weighted by Crippen LogP contribution is 2.24. The molecule has 1 aromatic carbocycles. The Bertz CT molecular complexity index is 326. The average Bonchev–Trinajstić information content (AvgIpc) is 2.18. The summed E-state index contributed by atoms with van der Waals surface area (Å²) < 4.78 is 0. The Balaban J connectivity index is 2.51. The van der Waals surface area contributed by atoms with E-state index in [0.29, 0.717) is 10.0 Å². The Kier molecular flexibility index (Phi) is 5.23. The van der Waals surface area contributed by atoms with E-state index in [1.54, 1.807) is 11.8 Å². The van der Waals surface area contributed by atoms with Crippen LogP contribution in [0.2, 0.25) is 10.0 Å². The number of benzene rings is 1. The van der Waals surface area contributed by atoms with Crippen LogP contribution in [0.25, 0.3) is 0 Å². The van der Waals surface area contributed by atoms with E-state index in [-0.39, 0.29) is 0 Å². The number of rotatable bonds is 4. The van der Waals surface area contributed by atoms with Crippen LogP contribution in [-0.4, -0.2) is 7.05 Å². The van der Waals surface area contributed by atoms with Crippen molar-refractivity contribution in [2.24, 2.45) is 0 Å². The van der Waals surface area contributed by atoms with Gasteiger partial charge in [-0.3, -0.25) is 0 Å². The van der Waals surface area contributed by atoms with Crippen LogP contribution >= 0.6 is 35.0 Å². The summed E-state index contributed by atoms with van der Waals surface area (Å²) in [5.74, 6) is 0.898. The minimum atomic E-state index is 0.603. The quantitative estimate of drug-likeness (QED) is 0.866. The third-order valence-electron chi connectivity index (χ3n) is 1.56. The molecule has 1 N–H and O–H groups in total. The van der Waals surface area contributed by atoms with Gasteiger partial charge in [0, 0.05) is 19.0 Å². The van der Waals surface area contributed by atoms with Crippen molar-refractivity contribution in [3.05, 3.63) is 45.4 Å². The average molecular weight is 248 g/mol. The predicted molar refractivity (Wildman–Crippen MR) is 66.0 cm³/mol. The fourth-order valence-corrected chi connectivity index (χ4v) is 1.91. The first kappa shape index (κ1) is 11.8. The molecule has 14 heavy (non-hydrogen) atoms. The first-order chi connectivity index (χ1) is 6.74. The topological polar surface area (TPSA) is 12.0 Å². The number of thioether (sulfide) groups is 1. The van der Waals surface area contributed by atoms with Gasteiger partial charge in [-0.15, -0.1) is 11.8 Å². The van der Waals surface area contributed by atoms with E-state index in [1.165, 1.54) is 5.56 Å². The van der Waals surface area contributed by atoms with Crippen LogP contribution in [-0.2, 0) is 5.75 Å². The SMILES string of the molecule is CN/C=C\SCc1ccc(Cl)c(Cl)c1. The van der Waals surface area contributed by atoms with Crippen molar-refractivity contribution in [3.63, 3.8) is 0 Å². The number of hydrogen-bond acceptors (Lipinski definition) is 2. The maximum absolute atomic E-state index is 5.88. The summed E-state index contributed by atoms with van der Waals surface area (Å²) in [7, 11) is 1.87. The third kappa shape index (κ3) is 3.82. The summed E-state index contributed by atoms with van der Waals surface area (Å²) in [6.45, 7) is 0. The van der Waals surface area contributed by atoms with E-state index in [4.69, 9.17) is 23.2 Å². The lowest BCUT2D eigenvalue weighted by Gasteiger charge is -2.00. The van der Waals surface area contributed by atoms with Crippen molar-refractivity contribution >= 4 is 35.0 Å². The van der Waals surface area contributed by atoms with Gasteiger partial charge in [0.2, 0.25) is 0 Å². The zero-order chi connectivity index (χ0) is 10.4. The summed E-state index contributed by atoms with van der Waals surface area (Å²) in [6.07, 6.45) is 1.89. The standard InChI is InChI=1S/C10H11Cl2NS/c1-13-4-5-14-7-8-2-3-9(11)10(12)6-8/h2-6,13H,7H2,1H3/b5-4-. The lowest BCUT2D eigenvalue weighted by molar-refractivity contribution is 1.11. The largest absolute Gasteiger partial charge is 0.394 e. The number of halogens is 2. The lowest BCUT2D eigenvalue weighted by atomic mass is 10.2. The lowest BCUT2D eigenvalue weighted by Crippen LogP contribution is -1.89. The van der Waals surface area contributed by atoms with Gasteiger partial charge in [-0.05, 0) is 23.1 Å². The monoisotopic (exact) mass is 247 g/mol. The zero-order valence-corrected chi connectivity index (χ0v) is 10.1. The molecule has 0 aliphatic rings. The highest BCUT2D eigenvalue weighted by molar-refractivity contribution is 8.01. The van der Waals surface area contributed by atoms with Crippen LogP contribution in [0.15, 0.2) is 29.8 Å². The molecule has 0 unspecified atom stereocenters. The second kappa shape index (κ2) is 6.23. The van der Waals surface area contributed by atoms with Crippen LogP contribution in [0.3, 0.4) is 0 Å². The molecule has 4 heteroatoms. The van der Waals surface area contributed by atoms with E-state index in [9.17, 15) is 0 Å². The molecule has 0 bridgehead atoms. The van der Waals surface area contributed by atoms with Gasteiger partial charge >= 0.3 is 0 Å². The molecule has 0 aliphatic heterocycles. The summed E-state index contributed by atoms with van der Waals surface area (Å²) in [6, 6.07) is 5.69. The molecule has 0 aliphatic carbocycles. The third-order valence-corrected chi connectivity index (χ3v) is 3.13. The molecule has 76 valence electrons. The summed E-state index contributed by atoms with van der Waals surface area (Å²) in [4.78, 5) is 0. The van der Waals surface area contributed by atoms with E-state index in [2.05, 4.69) is 5.32 Å². The zero-order valence-electron chi connectivity index (χ0n) is 7.76.